The normalized spacial score (nSPS) is 12.5. The molecule has 13 heavy (non-hydrogen) atoms. The van der Waals surface area contributed by atoms with Crippen LogP contribution in [0.25, 0.3) is 0 Å². The molecule has 0 aliphatic heterocycles. The molecule has 1 atom stereocenters. The van der Waals surface area contributed by atoms with Crippen molar-refractivity contribution in [3.05, 3.63) is 27.3 Å². The molecule has 0 radical (unpaired) electrons. The fraction of sp³-hybridized carbons (Fsp3) is 0.222. The molecule has 1 N–H and O–H groups in total. The average Bonchev–Trinajstić information content (AvgIpc) is 2.03. The number of hydrogen-bond donors (Lipinski definition) is 1. The number of carbonyl (C=O) groups is 1. The lowest BCUT2D eigenvalue weighted by atomic mass is 10.1. The molecule has 1 aromatic carbocycles. The number of phenols is 1. The number of alkyl halides is 1. The molecule has 0 saturated heterocycles. The number of Topliss-reactive ketones (excluding diaryl/α,β-unsaturated/α-hetero) is 1. The predicted octanol–water partition coefficient (Wildman–Crippen LogP) is 2.96. The molecule has 1 aromatic rings. The van der Waals surface area contributed by atoms with Crippen LogP contribution in [0.4, 0.5) is 0 Å². The Morgan fingerprint density at radius 3 is 2.69 bits per heavy atom. The van der Waals surface area contributed by atoms with E-state index in [4.69, 9.17) is 0 Å². The second-order valence-corrected chi connectivity index (χ2v) is 5.15. The second kappa shape index (κ2) is 4.41. The van der Waals surface area contributed by atoms with Gasteiger partial charge in [0.2, 0.25) is 0 Å². The Labute approximate surface area is 98.6 Å². The van der Waals surface area contributed by atoms with Gasteiger partial charge >= 0.3 is 0 Å². The molecule has 0 heterocycles. The van der Waals surface area contributed by atoms with Crippen molar-refractivity contribution in [1.29, 1.82) is 0 Å². The predicted molar refractivity (Wildman–Crippen MR) is 63.5 cm³/mol. The highest BCUT2D eigenvalue weighted by Gasteiger charge is 2.18. The first-order valence-corrected chi connectivity index (χ1v) is 5.69. The zero-order chi connectivity index (χ0) is 10.0. The van der Waals surface area contributed by atoms with Crippen LogP contribution >= 0.6 is 38.5 Å². The molecule has 1 unspecified atom stereocenters. The Bertz CT molecular complexity index is 316. The third-order valence-corrected chi connectivity index (χ3v) is 2.91. The summed E-state index contributed by atoms with van der Waals surface area (Å²) in [5.41, 5.74) is 0.396. The van der Waals surface area contributed by atoms with Crippen LogP contribution in [-0.4, -0.2) is 15.7 Å². The Kier molecular flexibility index (Phi) is 3.73. The van der Waals surface area contributed by atoms with Crippen molar-refractivity contribution in [2.45, 2.75) is 11.8 Å². The van der Waals surface area contributed by atoms with E-state index < -0.39 is 0 Å². The minimum absolute atomic E-state index is 0.0446. The molecule has 0 fully saturated rings. The number of phenolic OH excluding ortho intramolecular Hbond substituents is 1. The maximum atomic E-state index is 11.6. The minimum atomic E-state index is -0.269. The van der Waals surface area contributed by atoms with Crippen LogP contribution in [-0.2, 0) is 0 Å². The smallest absolute Gasteiger partial charge is 0.180 e. The van der Waals surface area contributed by atoms with Gasteiger partial charge in [0.15, 0.2) is 5.78 Å². The summed E-state index contributed by atoms with van der Waals surface area (Å²) in [4.78, 5) is 11.3. The summed E-state index contributed by atoms with van der Waals surface area (Å²) in [5, 5.41) is 9.46. The van der Waals surface area contributed by atoms with Crippen molar-refractivity contribution in [3.8, 4) is 5.75 Å². The number of hydrogen-bond acceptors (Lipinski definition) is 2. The summed E-state index contributed by atoms with van der Waals surface area (Å²) < 4.78 is 0.772. The van der Waals surface area contributed by atoms with Gasteiger partial charge in [-0.1, -0.05) is 22.0 Å². The van der Waals surface area contributed by atoms with Crippen LogP contribution in [0.2, 0.25) is 0 Å². The number of ketones is 1. The molecule has 0 saturated carbocycles. The Morgan fingerprint density at radius 2 is 2.23 bits per heavy atom. The maximum absolute atomic E-state index is 11.6. The first-order valence-electron chi connectivity index (χ1n) is 3.69. The van der Waals surface area contributed by atoms with Gasteiger partial charge in [0, 0.05) is 3.57 Å². The Hall–Kier alpha value is -0.100. The Balaban J connectivity index is 3.20. The van der Waals surface area contributed by atoms with Crippen molar-refractivity contribution < 1.29 is 9.90 Å². The first kappa shape index (κ1) is 11.0. The average molecular weight is 355 g/mol. The van der Waals surface area contributed by atoms with E-state index in [-0.39, 0.29) is 16.4 Å². The highest BCUT2D eigenvalue weighted by molar-refractivity contribution is 14.1. The van der Waals surface area contributed by atoms with E-state index in [2.05, 4.69) is 15.9 Å². The van der Waals surface area contributed by atoms with E-state index in [1.54, 1.807) is 19.1 Å². The zero-order valence-corrected chi connectivity index (χ0v) is 10.7. The molecular weight excluding hydrogens is 347 g/mol. The largest absolute Gasteiger partial charge is 0.507 e. The van der Waals surface area contributed by atoms with Crippen molar-refractivity contribution >= 4 is 44.3 Å². The number of benzene rings is 1. The van der Waals surface area contributed by atoms with Gasteiger partial charge in [0.05, 0.1) is 10.4 Å². The second-order valence-electron chi connectivity index (χ2n) is 2.61. The number of carbonyl (C=O) groups excluding carboxylic acids is 1. The van der Waals surface area contributed by atoms with Gasteiger partial charge in [-0.25, -0.2) is 0 Å². The quantitative estimate of drug-likeness (QED) is 0.503. The lowest BCUT2D eigenvalue weighted by Gasteiger charge is -2.07. The molecule has 0 amide bonds. The fourth-order valence-electron chi connectivity index (χ4n) is 0.956. The van der Waals surface area contributed by atoms with E-state index in [0.29, 0.717) is 5.56 Å². The molecule has 0 bridgehead atoms. The van der Waals surface area contributed by atoms with E-state index in [0.717, 1.165) is 3.57 Å². The SMILES string of the molecule is CC(Br)C(=O)c1c(O)cccc1I. The number of halogens is 2. The van der Waals surface area contributed by atoms with Crippen molar-refractivity contribution in [1.82, 2.24) is 0 Å². The van der Waals surface area contributed by atoms with Crippen molar-refractivity contribution in [2.24, 2.45) is 0 Å². The van der Waals surface area contributed by atoms with Crippen LogP contribution in [0, 0.1) is 3.57 Å². The molecule has 0 spiro atoms. The van der Waals surface area contributed by atoms with Gasteiger partial charge in [0.25, 0.3) is 0 Å². The molecule has 2 nitrogen and oxygen atoms in total. The maximum Gasteiger partial charge on any atom is 0.180 e. The lowest BCUT2D eigenvalue weighted by Crippen LogP contribution is -2.11. The molecule has 70 valence electrons. The first-order chi connectivity index (χ1) is 6.04. The summed E-state index contributed by atoms with van der Waals surface area (Å²) in [7, 11) is 0. The van der Waals surface area contributed by atoms with Gasteiger partial charge in [0.1, 0.15) is 5.75 Å². The summed E-state index contributed by atoms with van der Waals surface area (Å²) >= 11 is 5.21. The van der Waals surface area contributed by atoms with E-state index in [1.165, 1.54) is 6.07 Å². The van der Waals surface area contributed by atoms with Gasteiger partial charge in [-0.2, -0.15) is 0 Å². The van der Waals surface area contributed by atoms with Gasteiger partial charge < -0.3 is 5.11 Å². The highest BCUT2D eigenvalue weighted by atomic mass is 127. The fourth-order valence-corrected chi connectivity index (χ4v) is 1.93. The zero-order valence-electron chi connectivity index (χ0n) is 6.92. The minimum Gasteiger partial charge on any atom is -0.507 e. The summed E-state index contributed by atoms with van der Waals surface area (Å²) in [6.07, 6.45) is 0. The number of aromatic hydroxyl groups is 1. The molecule has 0 aromatic heterocycles. The van der Waals surface area contributed by atoms with Crippen molar-refractivity contribution in [3.63, 3.8) is 0 Å². The molecule has 0 aliphatic rings. The van der Waals surface area contributed by atoms with Crippen LogP contribution in [0.15, 0.2) is 18.2 Å². The molecule has 4 heteroatoms. The van der Waals surface area contributed by atoms with Crippen LogP contribution in [0.5, 0.6) is 5.75 Å². The molecular formula is C9H8BrIO2. The molecule has 1 rings (SSSR count). The van der Waals surface area contributed by atoms with Crippen LogP contribution < -0.4 is 0 Å². The lowest BCUT2D eigenvalue weighted by molar-refractivity contribution is 0.0992. The van der Waals surface area contributed by atoms with E-state index >= 15 is 0 Å². The van der Waals surface area contributed by atoms with Crippen LogP contribution in [0.3, 0.4) is 0 Å². The van der Waals surface area contributed by atoms with Crippen molar-refractivity contribution in [2.75, 3.05) is 0 Å². The van der Waals surface area contributed by atoms with Gasteiger partial charge in [-0.15, -0.1) is 0 Å². The molecule has 0 aliphatic carbocycles. The summed E-state index contributed by atoms with van der Waals surface area (Å²) in [5.74, 6) is -0.0503. The van der Waals surface area contributed by atoms with Gasteiger partial charge in [-0.3, -0.25) is 4.79 Å². The monoisotopic (exact) mass is 354 g/mol. The van der Waals surface area contributed by atoms with Crippen LogP contribution in [0.1, 0.15) is 17.3 Å². The summed E-state index contributed by atoms with van der Waals surface area (Å²) in [6.45, 7) is 1.74. The standard InChI is InChI=1S/C9H8BrIO2/c1-5(10)9(13)8-6(11)3-2-4-7(8)12/h2-5,12H,1H3. The van der Waals surface area contributed by atoms with E-state index in [1.807, 2.05) is 22.6 Å². The van der Waals surface area contributed by atoms with Gasteiger partial charge in [-0.05, 0) is 41.6 Å². The number of rotatable bonds is 2. The third-order valence-electron chi connectivity index (χ3n) is 1.60. The van der Waals surface area contributed by atoms with E-state index in [9.17, 15) is 9.90 Å². The summed E-state index contributed by atoms with van der Waals surface area (Å²) in [6, 6.07) is 5.03. The topological polar surface area (TPSA) is 37.3 Å². The highest BCUT2D eigenvalue weighted by Crippen LogP contribution is 2.25. The Morgan fingerprint density at radius 1 is 1.62 bits per heavy atom. The third kappa shape index (κ3) is 2.43.